The molecule has 0 rings (SSSR count). The van der Waals surface area contributed by atoms with E-state index in [4.69, 9.17) is 0 Å². The summed E-state index contributed by atoms with van der Waals surface area (Å²) in [6, 6.07) is 0. The van der Waals surface area contributed by atoms with Gasteiger partial charge in [-0.3, -0.25) is 4.79 Å². The van der Waals surface area contributed by atoms with Crippen molar-refractivity contribution in [3.63, 3.8) is 0 Å². The van der Waals surface area contributed by atoms with E-state index < -0.39 is 11.9 Å². The van der Waals surface area contributed by atoms with E-state index in [2.05, 4.69) is 24.4 Å². The van der Waals surface area contributed by atoms with Crippen molar-refractivity contribution in [1.29, 1.82) is 0 Å². The van der Waals surface area contributed by atoms with Crippen LogP contribution in [-0.2, 0) is 14.3 Å². The van der Waals surface area contributed by atoms with Gasteiger partial charge >= 0.3 is 11.9 Å². The van der Waals surface area contributed by atoms with Gasteiger partial charge in [0.1, 0.15) is 0 Å². The van der Waals surface area contributed by atoms with Gasteiger partial charge in [-0.2, -0.15) is 11.8 Å². The Balaban J connectivity index is 3.45. The molecule has 0 saturated carbocycles. The van der Waals surface area contributed by atoms with Crippen molar-refractivity contribution in [3.05, 3.63) is 12.7 Å². The van der Waals surface area contributed by atoms with Crippen LogP contribution < -0.4 is 0 Å². The maximum absolute atomic E-state index is 11.0. The van der Waals surface area contributed by atoms with Gasteiger partial charge in [-0.05, 0) is 5.38 Å². The number of hydrogen-bond donors (Lipinski definition) is 0. The second kappa shape index (κ2) is 7.81. The monoisotopic (exact) mass is 231 g/mol. The Bertz CT molecular complexity index is 216. The summed E-state index contributed by atoms with van der Waals surface area (Å²) in [5.41, 5.74) is 0. The molecule has 0 aromatic heterocycles. The summed E-state index contributed by atoms with van der Waals surface area (Å²) < 4.78 is 4.41. The zero-order chi connectivity index (χ0) is 11.0. The molecule has 0 aromatic rings. The van der Waals surface area contributed by atoms with Crippen LogP contribution in [0.1, 0.15) is 6.42 Å². The molecule has 0 saturated heterocycles. The molecule has 0 spiro atoms. The topological polar surface area (TPSA) is 43.4 Å². The first-order valence-corrected chi connectivity index (χ1v) is 8.16. The molecule has 1 radical (unpaired) electrons. The number of rotatable bonds is 6. The fourth-order valence-electron chi connectivity index (χ4n) is 0.637. The van der Waals surface area contributed by atoms with Crippen molar-refractivity contribution >= 4 is 32.5 Å². The van der Waals surface area contributed by atoms with E-state index in [1.165, 1.54) is 0 Å². The summed E-state index contributed by atoms with van der Waals surface area (Å²) in [4.78, 5) is 21.6. The lowest BCUT2D eigenvalue weighted by atomic mass is 10.5. The fraction of sp³-hybridized carbons (Fsp3) is 0.556. The summed E-state index contributed by atoms with van der Waals surface area (Å²) in [7, 11) is -0.232. The SMILES string of the molecule is C=CC(=O)OC(=O)CCSC[Si](C)C. The van der Waals surface area contributed by atoms with Gasteiger partial charge in [-0.1, -0.05) is 19.7 Å². The highest BCUT2D eigenvalue weighted by Gasteiger charge is 2.06. The summed E-state index contributed by atoms with van der Waals surface area (Å²) in [6.45, 7) is 7.64. The van der Waals surface area contributed by atoms with Crippen LogP contribution >= 0.6 is 11.8 Å². The van der Waals surface area contributed by atoms with Crippen molar-refractivity contribution < 1.29 is 14.3 Å². The average Bonchev–Trinajstić information content (AvgIpc) is 2.12. The Morgan fingerprint density at radius 1 is 1.50 bits per heavy atom. The van der Waals surface area contributed by atoms with Crippen LogP contribution in [0.15, 0.2) is 12.7 Å². The lowest BCUT2D eigenvalue weighted by Gasteiger charge is -2.02. The largest absolute Gasteiger partial charge is 0.390 e. The minimum Gasteiger partial charge on any atom is -0.390 e. The highest BCUT2D eigenvalue weighted by atomic mass is 32.2. The molecule has 0 aliphatic heterocycles. The van der Waals surface area contributed by atoms with Crippen LogP contribution in [0.4, 0.5) is 0 Å². The molecule has 0 amide bonds. The van der Waals surface area contributed by atoms with Gasteiger partial charge in [-0.15, -0.1) is 0 Å². The molecular formula is C9H15O3SSi. The zero-order valence-electron chi connectivity index (χ0n) is 8.54. The van der Waals surface area contributed by atoms with Gasteiger partial charge in [0, 0.05) is 11.8 Å². The molecule has 0 N–H and O–H groups in total. The molecular weight excluding hydrogens is 216 g/mol. The maximum atomic E-state index is 11.0. The van der Waals surface area contributed by atoms with E-state index in [0.717, 1.165) is 17.2 Å². The third-order valence-electron chi connectivity index (χ3n) is 1.22. The van der Waals surface area contributed by atoms with E-state index in [1.807, 2.05) is 0 Å². The quantitative estimate of drug-likeness (QED) is 0.229. The number of thioether (sulfide) groups is 1. The summed E-state index contributed by atoms with van der Waals surface area (Å²) >= 11 is 1.73. The Kier molecular flexibility index (Phi) is 7.51. The normalized spacial score (nSPS) is 9.93. The van der Waals surface area contributed by atoms with Crippen LogP contribution in [0, 0.1) is 0 Å². The third-order valence-corrected chi connectivity index (χ3v) is 4.84. The van der Waals surface area contributed by atoms with Crippen molar-refractivity contribution in [2.75, 3.05) is 11.1 Å². The van der Waals surface area contributed by atoms with Gasteiger partial charge < -0.3 is 4.74 Å². The Morgan fingerprint density at radius 2 is 2.14 bits per heavy atom. The molecule has 3 nitrogen and oxygen atoms in total. The first-order chi connectivity index (χ1) is 6.56. The van der Waals surface area contributed by atoms with Gasteiger partial charge in [0.2, 0.25) is 0 Å². The predicted molar refractivity (Wildman–Crippen MR) is 60.7 cm³/mol. The maximum Gasteiger partial charge on any atom is 0.337 e. The molecule has 5 heteroatoms. The lowest BCUT2D eigenvalue weighted by molar-refractivity contribution is -0.155. The summed E-state index contributed by atoms with van der Waals surface area (Å²) in [5.74, 6) is -0.418. The first kappa shape index (κ1) is 13.4. The second-order valence-electron chi connectivity index (χ2n) is 3.01. The Hall–Kier alpha value is -0.553. The van der Waals surface area contributed by atoms with Crippen LogP contribution in [0.25, 0.3) is 0 Å². The number of esters is 2. The third kappa shape index (κ3) is 8.06. The number of hydrogen-bond acceptors (Lipinski definition) is 4. The molecule has 0 heterocycles. The molecule has 0 aromatic carbocycles. The fourth-order valence-corrected chi connectivity index (χ4v) is 3.16. The minimum absolute atomic E-state index is 0.232. The van der Waals surface area contributed by atoms with Crippen molar-refractivity contribution in [3.8, 4) is 0 Å². The van der Waals surface area contributed by atoms with Gasteiger partial charge in [0.15, 0.2) is 0 Å². The van der Waals surface area contributed by atoms with Gasteiger partial charge in [0.25, 0.3) is 0 Å². The summed E-state index contributed by atoms with van der Waals surface area (Å²) in [5, 5.41) is 1.12. The average molecular weight is 231 g/mol. The Labute approximate surface area is 90.5 Å². The zero-order valence-corrected chi connectivity index (χ0v) is 10.4. The molecule has 0 bridgehead atoms. The van der Waals surface area contributed by atoms with Crippen LogP contribution in [0.5, 0.6) is 0 Å². The second-order valence-corrected chi connectivity index (χ2v) is 7.39. The van der Waals surface area contributed by atoms with E-state index >= 15 is 0 Å². The van der Waals surface area contributed by atoms with Crippen LogP contribution in [0.2, 0.25) is 13.1 Å². The Morgan fingerprint density at radius 3 is 2.64 bits per heavy atom. The smallest absolute Gasteiger partial charge is 0.337 e. The highest BCUT2D eigenvalue weighted by Crippen LogP contribution is 2.05. The number of carbonyl (C=O) groups is 2. The van der Waals surface area contributed by atoms with E-state index in [1.54, 1.807) is 11.8 Å². The minimum atomic E-state index is -0.671. The van der Waals surface area contributed by atoms with Crippen molar-refractivity contribution in [1.82, 2.24) is 0 Å². The van der Waals surface area contributed by atoms with Gasteiger partial charge in [-0.25, -0.2) is 4.79 Å². The summed E-state index contributed by atoms with van der Waals surface area (Å²) in [6.07, 6.45) is 1.28. The predicted octanol–water partition coefficient (Wildman–Crippen LogP) is 1.66. The lowest BCUT2D eigenvalue weighted by Crippen LogP contribution is -2.11. The van der Waals surface area contributed by atoms with Crippen LogP contribution in [0.3, 0.4) is 0 Å². The van der Waals surface area contributed by atoms with Gasteiger partial charge in [0.05, 0.1) is 15.2 Å². The number of ether oxygens (including phenoxy) is 1. The highest BCUT2D eigenvalue weighted by molar-refractivity contribution is 8.00. The molecule has 0 unspecified atom stereocenters. The molecule has 0 atom stereocenters. The molecule has 79 valence electrons. The standard InChI is InChI=1S/C9H15O3SSi/c1-4-8(10)12-9(11)5-6-13-7-14(2)3/h4H,1,5-7H2,2-3H3. The molecule has 0 aliphatic carbocycles. The van der Waals surface area contributed by atoms with Crippen molar-refractivity contribution in [2.24, 2.45) is 0 Å². The molecule has 0 fully saturated rings. The van der Waals surface area contributed by atoms with E-state index in [9.17, 15) is 9.59 Å². The van der Waals surface area contributed by atoms with E-state index in [0.29, 0.717) is 6.42 Å². The molecule has 14 heavy (non-hydrogen) atoms. The van der Waals surface area contributed by atoms with Crippen LogP contribution in [-0.4, -0.2) is 31.9 Å². The van der Waals surface area contributed by atoms with Crippen molar-refractivity contribution in [2.45, 2.75) is 19.5 Å². The first-order valence-electron chi connectivity index (χ1n) is 4.30. The van der Waals surface area contributed by atoms with E-state index in [-0.39, 0.29) is 8.80 Å². The molecule has 0 aliphatic rings. The number of carbonyl (C=O) groups excluding carboxylic acids is 2.